The van der Waals surface area contributed by atoms with Crippen LogP contribution < -0.4 is 11.1 Å². The van der Waals surface area contributed by atoms with Crippen molar-refractivity contribution >= 4 is 5.82 Å². The normalized spacial score (nSPS) is 11.7. The monoisotopic (exact) mass is 207 g/mol. The van der Waals surface area contributed by atoms with Crippen molar-refractivity contribution in [3.8, 4) is 0 Å². The van der Waals surface area contributed by atoms with Crippen molar-refractivity contribution in [3.05, 3.63) is 23.4 Å². The first kappa shape index (κ1) is 12.0. The molecule has 1 rings (SSSR count). The van der Waals surface area contributed by atoms with E-state index >= 15 is 0 Å². The van der Waals surface area contributed by atoms with Crippen LogP contribution in [-0.4, -0.2) is 11.5 Å². The second-order valence-electron chi connectivity index (χ2n) is 4.82. The van der Waals surface area contributed by atoms with Gasteiger partial charge < -0.3 is 11.1 Å². The highest BCUT2D eigenvalue weighted by Gasteiger charge is 2.16. The number of anilines is 1. The lowest BCUT2D eigenvalue weighted by atomic mass is 9.91. The Morgan fingerprint density at radius 1 is 1.33 bits per heavy atom. The van der Waals surface area contributed by atoms with Gasteiger partial charge >= 0.3 is 0 Å². The van der Waals surface area contributed by atoms with Crippen molar-refractivity contribution in [3.63, 3.8) is 0 Å². The van der Waals surface area contributed by atoms with Crippen LogP contribution in [0.1, 0.15) is 39.0 Å². The zero-order valence-electron chi connectivity index (χ0n) is 10.1. The summed E-state index contributed by atoms with van der Waals surface area (Å²) in [6, 6.07) is 4.05. The number of nitrogens with two attached hydrogens (primary N) is 1. The smallest absolute Gasteiger partial charge is 0.123 e. The number of nitrogens with zero attached hydrogens (tertiary/aromatic N) is 1. The largest absolute Gasteiger partial charge is 0.384 e. The van der Waals surface area contributed by atoms with Crippen LogP contribution in [0, 0.1) is 0 Å². The number of nitrogen functional groups attached to an aromatic ring is 1. The van der Waals surface area contributed by atoms with Gasteiger partial charge in [-0.1, -0.05) is 27.7 Å². The molecule has 0 bridgehead atoms. The van der Waals surface area contributed by atoms with Gasteiger partial charge in [-0.25, -0.2) is 4.98 Å². The lowest BCUT2D eigenvalue weighted by Gasteiger charge is -2.19. The quantitative estimate of drug-likeness (QED) is 0.797. The van der Waals surface area contributed by atoms with Crippen LogP contribution in [0.4, 0.5) is 5.82 Å². The lowest BCUT2D eigenvalue weighted by Crippen LogP contribution is -2.17. The summed E-state index contributed by atoms with van der Waals surface area (Å²) in [7, 11) is 0. The van der Waals surface area contributed by atoms with E-state index < -0.39 is 0 Å². The fraction of sp³-hybridized carbons (Fsp3) is 0.583. The van der Waals surface area contributed by atoms with Gasteiger partial charge in [0.1, 0.15) is 5.82 Å². The summed E-state index contributed by atoms with van der Waals surface area (Å²) in [5, 5.41) is 3.29. The molecule has 0 amide bonds. The molecule has 0 fully saturated rings. The standard InChI is InChI=1S/C12H21N3/c1-5-14-8-9-6-10(12(2,3)4)15-11(13)7-9/h6-7,14H,5,8H2,1-4H3,(H2,13,15). The van der Waals surface area contributed by atoms with E-state index in [0.29, 0.717) is 5.82 Å². The number of hydrogen-bond donors (Lipinski definition) is 2. The van der Waals surface area contributed by atoms with E-state index in [9.17, 15) is 0 Å². The minimum Gasteiger partial charge on any atom is -0.384 e. The van der Waals surface area contributed by atoms with Crippen LogP contribution in [0.2, 0.25) is 0 Å². The molecule has 3 nitrogen and oxygen atoms in total. The molecule has 1 aromatic rings. The van der Waals surface area contributed by atoms with E-state index in [1.54, 1.807) is 0 Å². The Balaban J connectivity index is 2.95. The Hall–Kier alpha value is -1.09. The predicted octanol–water partition coefficient (Wildman–Crippen LogP) is 2.07. The van der Waals surface area contributed by atoms with Crippen LogP contribution in [0.25, 0.3) is 0 Å². The van der Waals surface area contributed by atoms with E-state index in [4.69, 9.17) is 5.73 Å². The molecule has 3 heteroatoms. The van der Waals surface area contributed by atoms with Gasteiger partial charge in [-0.05, 0) is 24.2 Å². The van der Waals surface area contributed by atoms with Gasteiger partial charge in [0.25, 0.3) is 0 Å². The third-order valence-electron chi connectivity index (χ3n) is 2.25. The molecule has 1 heterocycles. The molecule has 0 radical (unpaired) electrons. The summed E-state index contributed by atoms with van der Waals surface area (Å²) < 4.78 is 0. The Bertz CT molecular complexity index is 326. The Kier molecular flexibility index (Phi) is 3.69. The fourth-order valence-electron chi connectivity index (χ4n) is 1.37. The van der Waals surface area contributed by atoms with E-state index in [1.807, 2.05) is 6.07 Å². The highest BCUT2D eigenvalue weighted by Crippen LogP contribution is 2.22. The zero-order valence-corrected chi connectivity index (χ0v) is 10.1. The maximum atomic E-state index is 5.79. The Morgan fingerprint density at radius 3 is 2.53 bits per heavy atom. The molecule has 0 aliphatic rings. The highest BCUT2D eigenvalue weighted by molar-refractivity contribution is 5.36. The molecule has 1 aromatic heterocycles. The number of aromatic nitrogens is 1. The molecular formula is C12H21N3. The van der Waals surface area contributed by atoms with E-state index in [0.717, 1.165) is 18.8 Å². The van der Waals surface area contributed by atoms with E-state index in [-0.39, 0.29) is 5.41 Å². The maximum Gasteiger partial charge on any atom is 0.123 e. The fourth-order valence-corrected chi connectivity index (χ4v) is 1.37. The molecule has 0 aliphatic carbocycles. The van der Waals surface area contributed by atoms with Crippen molar-refractivity contribution in [2.45, 2.75) is 39.7 Å². The van der Waals surface area contributed by atoms with Crippen molar-refractivity contribution in [2.75, 3.05) is 12.3 Å². The molecule has 84 valence electrons. The van der Waals surface area contributed by atoms with Gasteiger partial charge in [0.15, 0.2) is 0 Å². The number of hydrogen-bond acceptors (Lipinski definition) is 3. The Morgan fingerprint density at radius 2 is 2.00 bits per heavy atom. The van der Waals surface area contributed by atoms with Crippen LogP contribution in [0.15, 0.2) is 12.1 Å². The second-order valence-corrected chi connectivity index (χ2v) is 4.82. The van der Waals surface area contributed by atoms with Gasteiger partial charge in [-0.2, -0.15) is 0 Å². The molecular weight excluding hydrogens is 186 g/mol. The molecule has 0 aromatic carbocycles. The summed E-state index contributed by atoms with van der Waals surface area (Å²) in [4.78, 5) is 4.36. The third-order valence-corrected chi connectivity index (χ3v) is 2.25. The summed E-state index contributed by atoms with van der Waals surface area (Å²) in [6.45, 7) is 10.3. The zero-order chi connectivity index (χ0) is 11.5. The van der Waals surface area contributed by atoms with E-state index in [1.165, 1.54) is 5.56 Å². The van der Waals surface area contributed by atoms with Crippen molar-refractivity contribution in [1.82, 2.24) is 10.3 Å². The first-order valence-corrected chi connectivity index (χ1v) is 5.41. The molecule has 0 aliphatic heterocycles. The topological polar surface area (TPSA) is 50.9 Å². The molecule has 0 saturated carbocycles. The molecule has 0 saturated heterocycles. The van der Waals surface area contributed by atoms with Crippen LogP contribution in [0.5, 0.6) is 0 Å². The number of pyridine rings is 1. The second kappa shape index (κ2) is 4.62. The summed E-state index contributed by atoms with van der Waals surface area (Å²) in [5.41, 5.74) is 8.10. The Labute approximate surface area is 92.1 Å². The van der Waals surface area contributed by atoms with Crippen molar-refractivity contribution in [2.24, 2.45) is 0 Å². The average molecular weight is 207 g/mol. The average Bonchev–Trinajstić information content (AvgIpc) is 2.12. The van der Waals surface area contributed by atoms with Gasteiger partial charge in [0.2, 0.25) is 0 Å². The summed E-state index contributed by atoms with van der Waals surface area (Å²) in [5.74, 6) is 0.607. The minimum atomic E-state index is 0.0519. The summed E-state index contributed by atoms with van der Waals surface area (Å²) in [6.07, 6.45) is 0. The van der Waals surface area contributed by atoms with Crippen LogP contribution in [-0.2, 0) is 12.0 Å². The van der Waals surface area contributed by atoms with Crippen molar-refractivity contribution in [1.29, 1.82) is 0 Å². The molecule has 0 spiro atoms. The van der Waals surface area contributed by atoms with Crippen molar-refractivity contribution < 1.29 is 0 Å². The minimum absolute atomic E-state index is 0.0519. The number of rotatable bonds is 3. The maximum absolute atomic E-state index is 5.79. The van der Waals surface area contributed by atoms with Gasteiger partial charge in [0.05, 0.1) is 0 Å². The van der Waals surface area contributed by atoms with Gasteiger partial charge in [-0.3, -0.25) is 0 Å². The summed E-state index contributed by atoms with van der Waals surface area (Å²) >= 11 is 0. The first-order chi connectivity index (χ1) is 6.93. The molecule has 0 atom stereocenters. The van der Waals surface area contributed by atoms with Crippen LogP contribution in [0.3, 0.4) is 0 Å². The predicted molar refractivity (Wildman–Crippen MR) is 64.7 cm³/mol. The van der Waals surface area contributed by atoms with E-state index in [2.05, 4.69) is 44.1 Å². The number of nitrogens with one attached hydrogen (secondary N) is 1. The first-order valence-electron chi connectivity index (χ1n) is 5.41. The highest BCUT2D eigenvalue weighted by atomic mass is 14.9. The van der Waals surface area contributed by atoms with Gasteiger partial charge in [-0.15, -0.1) is 0 Å². The SMILES string of the molecule is CCNCc1cc(N)nc(C(C)(C)C)c1. The third kappa shape index (κ3) is 3.51. The molecule has 0 unspecified atom stereocenters. The van der Waals surface area contributed by atoms with Crippen LogP contribution >= 0.6 is 0 Å². The van der Waals surface area contributed by atoms with Gasteiger partial charge in [0, 0.05) is 17.7 Å². The molecule has 15 heavy (non-hydrogen) atoms. The molecule has 3 N–H and O–H groups in total. The lowest BCUT2D eigenvalue weighted by molar-refractivity contribution is 0.567.